The first-order chi connectivity index (χ1) is 6.97. The van der Waals surface area contributed by atoms with Gasteiger partial charge in [-0.25, -0.2) is 13.1 Å². The number of rotatable bonds is 4. The summed E-state index contributed by atoms with van der Waals surface area (Å²) < 4.78 is 25.7. The minimum absolute atomic E-state index is 0.328. The van der Waals surface area contributed by atoms with Crippen molar-refractivity contribution in [2.24, 2.45) is 0 Å². The van der Waals surface area contributed by atoms with Crippen LogP contribution in [0.3, 0.4) is 0 Å². The summed E-state index contributed by atoms with van der Waals surface area (Å²) in [6.07, 6.45) is 0. The maximum atomic E-state index is 11.6. The van der Waals surface area contributed by atoms with Gasteiger partial charge in [-0.3, -0.25) is 0 Å². The lowest BCUT2D eigenvalue weighted by molar-refractivity contribution is 0.584. The molecular formula is C11H17NO2S. The molecule has 1 N–H and O–H groups in total. The van der Waals surface area contributed by atoms with Crippen LogP contribution in [0.2, 0.25) is 0 Å². The Bertz CT molecular complexity index is 407. The average molecular weight is 227 g/mol. The van der Waals surface area contributed by atoms with Gasteiger partial charge in [0.15, 0.2) is 0 Å². The number of hydrogen-bond donors (Lipinski definition) is 1. The maximum absolute atomic E-state index is 11.6. The summed E-state index contributed by atoms with van der Waals surface area (Å²) in [6, 6.07) is 7.00. The second kappa shape index (κ2) is 4.77. The van der Waals surface area contributed by atoms with Gasteiger partial charge in [-0.1, -0.05) is 32.9 Å². The molecule has 0 aliphatic heterocycles. The first kappa shape index (κ1) is 12.2. The summed E-state index contributed by atoms with van der Waals surface area (Å²) in [5.41, 5.74) is 1.14. The third-order valence-corrected chi connectivity index (χ3v) is 3.75. The molecule has 1 rings (SSSR count). The van der Waals surface area contributed by atoms with Crippen LogP contribution in [0.5, 0.6) is 0 Å². The van der Waals surface area contributed by atoms with E-state index in [0.29, 0.717) is 17.4 Å². The number of sulfonamides is 1. The number of nitrogens with one attached hydrogen (secondary N) is 1. The summed E-state index contributed by atoms with van der Waals surface area (Å²) >= 11 is 0. The van der Waals surface area contributed by atoms with Crippen LogP contribution >= 0.6 is 0 Å². The molecule has 0 fully saturated rings. The van der Waals surface area contributed by atoms with Crippen LogP contribution in [0.25, 0.3) is 0 Å². The van der Waals surface area contributed by atoms with Gasteiger partial charge in [-0.15, -0.1) is 0 Å². The topological polar surface area (TPSA) is 46.2 Å². The smallest absolute Gasteiger partial charge is 0.211 e. The Labute approximate surface area is 91.6 Å². The predicted molar refractivity (Wildman–Crippen MR) is 61.4 cm³/mol. The lowest BCUT2D eigenvalue weighted by atomic mass is 10.0. The average Bonchev–Trinajstić information content (AvgIpc) is 2.18. The van der Waals surface area contributed by atoms with E-state index in [0.717, 1.165) is 5.56 Å². The molecule has 0 saturated heterocycles. The third kappa shape index (κ3) is 3.04. The Morgan fingerprint density at radius 1 is 1.20 bits per heavy atom. The van der Waals surface area contributed by atoms with E-state index in [-0.39, 0.29) is 0 Å². The molecule has 84 valence electrons. The molecule has 0 amide bonds. The van der Waals surface area contributed by atoms with Gasteiger partial charge in [0.25, 0.3) is 0 Å². The third-order valence-electron chi connectivity index (χ3n) is 2.19. The molecule has 1 aromatic rings. The van der Waals surface area contributed by atoms with Crippen LogP contribution < -0.4 is 4.72 Å². The van der Waals surface area contributed by atoms with Crippen molar-refractivity contribution in [3.63, 3.8) is 0 Å². The number of hydrogen-bond acceptors (Lipinski definition) is 2. The van der Waals surface area contributed by atoms with Gasteiger partial charge in [-0.2, -0.15) is 0 Å². The Hall–Kier alpha value is -0.870. The molecular weight excluding hydrogens is 210 g/mol. The lowest BCUT2D eigenvalue weighted by Gasteiger charge is -2.07. The van der Waals surface area contributed by atoms with Crippen molar-refractivity contribution >= 4 is 10.0 Å². The van der Waals surface area contributed by atoms with E-state index in [2.05, 4.69) is 18.6 Å². The first-order valence-corrected chi connectivity index (χ1v) is 6.55. The largest absolute Gasteiger partial charge is 0.240 e. The van der Waals surface area contributed by atoms with Gasteiger partial charge in [0.2, 0.25) is 10.0 Å². The van der Waals surface area contributed by atoms with Crippen LogP contribution in [0.4, 0.5) is 0 Å². The second-order valence-corrected chi connectivity index (χ2v) is 5.49. The fraction of sp³-hybridized carbons (Fsp3) is 0.455. The molecule has 15 heavy (non-hydrogen) atoms. The molecule has 0 aliphatic rings. The van der Waals surface area contributed by atoms with E-state index in [1.807, 2.05) is 12.1 Å². The van der Waals surface area contributed by atoms with Crippen LogP contribution in [0, 0.1) is 0 Å². The lowest BCUT2D eigenvalue weighted by Crippen LogP contribution is -2.23. The van der Waals surface area contributed by atoms with Crippen LogP contribution in [-0.2, 0) is 10.0 Å². The van der Waals surface area contributed by atoms with E-state index < -0.39 is 10.0 Å². The quantitative estimate of drug-likeness (QED) is 0.856. The fourth-order valence-electron chi connectivity index (χ4n) is 1.31. The van der Waals surface area contributed by atoms with E-state index in [9.17, 15) is 8.42 Å². The summed E-state index contributed by atoms with van der Waals surface area (Å²) in [6.45, 7) is 6.33. The summed E-state index contributed by atoms with van der Waals surface area (Å²) in [5.74, 6) is 0.417. The minimum Gasteiger partial charge on any atom is -0.211 e. The molecule has 0 saturated carbocycles. The summed E-state index contributed by atoms with van der Waals surface area (Å²) in [7, 11) is -3.30. The SMILES string of the molecule is CCNS(=O)(=O)c1ccc(C(C)C)cc1. The molecule has 0 heterocycles. The zero-order valence-corrected chi connectivity index (χ0v) is 10.1. The predicted octanol–water partition coefficient (Wildman–Crippen LogP) is 2.11. The van der Waals surface area contributed by atoms with Gasteiger partial charge in [-0.05, 0) is 23.6 Å². The minimum atomic E-state index is -3.30. The van der Waals surface area contributed by atoms with Crippen molar-refractivity contribution in [1.82, 2.24) is 4.72 Å². The van der Waals surface area contributed by atoms with E-state index in [4.69, 9.17) is 0 Å². The highest BCUT2D eigenvalue weighted by molar-refractivity contribution is 7.89. The molecule has 1 aromatic carbocycles. The summed E-state index contributed by atoms with van der Waals surface area (Å²) in [4.78, 5) is 0.328. The van der Waals surface area contributed by atoms with Gasteiger partial charge in [0, 0.05) is 6.54 Å². The van der Waals surface area contributed by atoms with Crippen molar-refractivity contribution in [3.05, 3.63) is 29.8 Å². The first-order valence-electron chi connectivity index (χ1n) is 5.07. The maximum Gasteiger partial charge on any atom is 0.240 e. The van der Waals surface area contributed by atoms with Gasteiger partial charge in [0.05, 0.1) is 4.90 Å². The Kier molecular flexibility index (Phi) is 3.88. The van der Waals surface area contributed by atoms with Gasteiger partial charge in [0.1, 0.15) is 0 Å². The van der Waals surface area contributed by atoms with Crippen LogP contribution in [0.15, 0.2) is 29.2 Å². The molecule has 4 heteroatoms. The molecule has 0 aromatic heterocycles. The van der Waals surface area contributed by atoms with Gasteiger partial charge >= 0.3 is 0 Å². The van der Waals surface area contributed by atoms with Crippen LogP contribution in [0.1, 0.15) is 32.3 Å². The second-order valence-electron chi connectivity index (χ2n) is 3.73. The highest BCUT2D eigenvalue weighted by Gasteiger charge is 2.12. The van der Waals surface area contributed by atoms with E-state index in [1.54, 1.807) is 19.1 Å². The molecule has 0 unspecified atom stereocenters. The van der Waals surface area contributed by atoms with Gasteiger partial charge < -0.3 is 0 Å². The van der Waals surface area contributed by atoms with Crippen molar-refractivity contribution < 1.29 is 8.42 Å². The zero-order valence-electron chi connectivity index (χ0n) is 9.32. The zero-order chi connectivity index (χ0) is 11.5. The molecule has 0 bridgehead atoms. The standard InChI is InChI=1S/C11H17NO2S/c1-4-12-15(13,14)11-7-5-10(6-8-11)9(2)3/h5-9,12H,4H2,1-3H3. The molecule has 0 aliphatic carbocycles. The van der Waals surface area contributed by atoms with Crippen molar-refractivity contribution in [3.8, 4) is 0 Å². The van der Waals surface area contributed by atoms with E-state index >= 15 is 0 Å². The van der Waals surface area contributed by atoms with Crippen molar-refractivity contribution in [2.75, 3.05) is 6.54 Å². The van der Waals surface area contributed by atoms with Crippen molar-refractivity contribution in [1.29, 1.82) is 0 Å². The number of benzene rings is 1. The molecule has 0 radical (unpaired) electrons. The molecule has 3 nitrogen and oxygen atoms in total. The monoisotopic (exact) mass is 227 g/mol. The Balaban J connectivity index is 2.99. The Morgan fingerprint density at radius 3 is 2.13 bits per heavy atom. The highest BCUT2D eigenvalue weighted by Crippen LogP contribution is 2.16. The van der Waals surface area contributed by atoms with E-state index in [1.165, 1.54) is 0 Å². The highest BCUT2D eigenvalue weighted by atomic mass is 32.2. The van der Waals surface area contributed by atoms with Crippen molar-refractivity contribution in [2.45, 2.75) is 31.6 Å². The summed E-state index contributed by atoms with van der Waals surface area (Å²) in [5, 5.41) is 0. The fourth-order valence-corrected chi connectivity index (χ4v) is 2.35. The normalized spacial score (nSPS) is 12.0. The Morgan fingerprint density at radius 2 is 1.73 bits per heavy atom. The molecule has 0 atom stereocenters. The van der Waals surface area contributed by atoms with Crippen LogP contribution in [-0.4, -0.2) is 15.0 Å². The molecule has 0 spiro atoms.